The molecule has 12 heavy (non-hydrogen) atoms. The van der Waals surface area contributed by atoms with Crippen LogP contribution in [-0.2, 0) is 5.33 Å². The number of benzene rings is 1. The van der Waals surface area contributed by atoms with Gasteiger partial charge in [-0.2, -0.15) is 0 Å². The van der Waals surface area contributed by atoms with Crippen LogP contribution >= 0.6 is 15.9 Å². The molecule has 1 rings (SSSR count). The first kappa shape index (κ1) is 8.99. The fraction of sp³-hybridized carbons (Fsp3) is 0.143. The van der Waals surface area contributed by atoms with Gasteiger partial charge in [0.25, 0.3) is 5.69 Å². The van der Waals surface area contributed by atoms with E-state index in [1.165, 1.54) is 18.2 Å². The zero-order chi connectivity index (χ0) is 9.14. The Morgan fingerprint density at radius 3 is 2.75 bits per heavy atom. The van der Waals surface area contributed by atoms with Crippen LogP contribution in [0.3, 0.4) is 0 Å². The fourth-order valence-corrected chi connectivity index (χ4v) is 1.24. The summed E-state index contributed by atoms with van der Waals surface area (Å²) >= 11 is 3.11. The molecular weight excluding hydrogens is 226 g/mol. The van der Waals surface area contributed by atoms with Crippen molar-refractivity contribution in [3.8, 4) is 5.75 Å². The molecule has 0 amide bonds. The molecule has 0 atom stereocenters. The van der Waals surface area contributed by atoms with Crippen molar-refractivity contribution < 1.29 is 10.0 Å². The SMILES string of the molecule is O=[N+]([O-])c1ccc(O)c(CBr)c1. The van der Waals surface area contributed by atoms with Crippen molar-refractivity contribution in [2.75, 3.05) is 0 Å². The number of nitro groups is 1. The number of non-ortho nitro benzene ring substituents is 1. The van der Waals surface area contributed by atoms with Crippen molar-refractivity contribution in [1.82, 2.24) is 0 Å². The van der Waals surface area contributed by atoms with Crippen LogP contribution in [-0.4, -0.2) is 10.0 Å². The molecular formula is C7H6BrNO3. The van der Waals surface area contributed by atoms with E-state index in [9.17, 15) is 10.1 Å². The maximum atomic E-state index is 10.3. The molecule has 0 unspecified atom stereocenters. The predicted molar refractivity (Wildman–Crippen MR) is 47.4 cm³/mol. The molecule has 0 radical (unpaired) electrons. The van der Waals surface area contributed by atoms with Gasteiger partial charge in [0, 0.05) is 23.0 Å². The maximum absolute atomic E-state index is 10.3. The standard InChI is InChI=1S/C7H6BrNO3/c8-4-5-3-6(9(11)12)1-2-7(5)10/h1-3,10H,4H2. The van der Waals surface area contributed by atoms with Gasteiger partial charge in [0.1, 0.15) is 5.75 Å². The Bertz CT molecular complexity index is 314. The van der Waals surface area contributed by atoms with E-state index < -0.39 is 4.92 Å². The summed E-state index contributed by atoms with van der Waals surface area (Å²) < 4.78 is 0. The Kier molecular flexibility index (Phi) is 2.65. The second-order valence-corrected chi connectivity index (χ2v) is 2.76. The van der Waals surface area contributed by atoms with Crippen molar-refractivity contribution in [2.24, 2.45) is 0 Å². The molecule has 1 aromatic rings. The van der Waals surface area contributed by atoms with Gasteiger partial charge in [-0.05, 0) is 6.07 Å². The van der Waals surface area contributed by atoms with Gasteiger partial charge >= 0.3 is 0 Å². The highest BCUT2D eigenvalue weighted by Gasteiger charge is 2.08. The van der Waals surface area contributed by atoms with E-state index in [1.807, 2.05) is 0 Å². The minimum Gasteiger partial charge on any atom is -0.508 e. The Hall–Kier alpha value is -1.10. The van der Waals surface area contributed by atoms with Crippen LogP contribution < -0.4 is 0 Å². The molecule has 0 aliphatic rings. The van der Waals surface area contributed by atoms with Gasteiger partial charge < -0.3 is 5.11 Å². The molecule has 0 aromatic heterocycles. The number of hydrogen-bond acceptors (Lipinski definition) is 3. The topological polar surface area (TPSA) is 63.4 Å². The highest BCUT2D eigenvalue weighted by Crippen LogP contribution is 2.24. The van der Waals surface area contributed by atoms with Crippen LogP contribution in [0.1, 0.15) is 5.56 Å². The molecule has 0 bridgehead atoms. The van der Waals surface area contributed by atoms with E-state index in [0.29, 0.717) is 10.9 Å². The molecule has 0 aliphatic carbocycles. The quantitative estimate of drug-likeness (QED) is 0.482. The summed E-state index contributed by atoms with van der Waals surface area (Å²) in [7, 11) is 0. The first-order valence-electron chi connectivity index (χ1n) is 3.17. The lowest BCUT2D eigenvalue weighted by atomic mass is 10.2. The highest BCUT2D eigenvalue weighted by molar-refractivity contribution is 9.08. The van der Waals surface area contributed by atoms with Gasteiger partial charge in [0.15, 0.2) is 0 Å². The average molecular weight is 232 g/mol. The third-order valence-electron chi connectivity index (χ3n) is 1.42. The molecule has 1 aromatic carbocycles. The number of hydrogen-bond donors (Lipinski definition) is 1. The van der Waals surface area contributed by atoms with Crippen LogP contribution in [0.5, 0.6) is 5.75 Å². The monoisotopic (exact) mass is 231 g/mol. The molecule has 0 saturated carbocycles. The Balaban J connectivity index is 3.13. The number of alkyl halides is 1. The average Bonchev–Trinajstić information content (AvgIpc) is 2.05. The second kappa shape index (κ2) is 3.53. The number of rotatable bonds is 2. The molecule has 1 N–H and O–H groups in total. The van der Waals surface area contributed by atoms with Crippen molar-refractivity contribution in [3.05, 3.63) is 33.9 Å². The zero-order valence-electron chi connectivity index (χ0n) is 6.03. The molecule has 5 heteroatoms. The van der Waals surface area contributed by atoms with Crippen molar-refractivity contribution >= 4 is 21.6 Å². The summed E-state index contributed by atoms with van der Waals surface area (Å²) in [6, 6.07) is 3.92. The van der Waals surface area contributed by atoms with E-state index in [2.05, 4.69) is 15.9 Å². The number of nitro benzene ring substituents is 1. The van der Waals surface area contributed by atoms with Crippen LogP contribution in [0.2, 0.25) is 0 Å². The number of phenolic OH excluding ortho intramolecular Hbond substituents is 1. The summed E-state index contributed by atoms with van der Waals surface area (Å²) in [4.78, 5) is 9.79. The second-order valence-electron chi connectivity index (χ2n) is 2.20. The molecule has 0 spiro atoms. The lowest BCUT2D eigenvalue weighted by Crippen LogP contribution is -1.89. The zero-order valence-corrected chi connectivity index (χ0v) is 7.61. The van der Waals surface area contributed by atoms with Crippen molar-refractivity contribution in [3.63, 3.8) is 0 Å². The van der Waals surface area contributed by atoms with Gasteiger partial charge in [-0.1, -0.05) is 15.9 Å². The first-order chi connectivity index (χ1) is 5.65. The number of halogens is 1. The largest absolute Gasteiger partial charge is 0.508 e. The van der Waals surface area contributed by atoms with Gasteiger partial charge in [-0.3, -0.25) is 10.1 Å². The molecule has 0 fully saturated rings. The third-order valence-corrected chi connectivity index (χ3v) is 2.02. The van der Waals surface area contributed by atoms with Gasteiger partial charge in [-0.15, -0.1) is 0 Å². The number of phenols is 1. The Labute approximate surface area is 77.1 Å². The first-order valence-corrected chi connectivity index (χ1v) is 4.29. The van der Waals surface area contributed by atoms with E-state index in [0.717, 1.165) is 0 Å². The smallest absolute Gasteiger partial charge is 0.270 e. The normalized spacial score (nSPS) is 9.75. The van der Waals surface area contributed by atoms with Crippen LogP contribution in [0.15, 0.2) is 18.2 Å². The summed E-state index contributed by atoms with van der Waals surface area (Å²) in [5, 5.41) is 19.9. The molecule has 0 heterocycles. The minimum absolute atomic E-state index is 0.0118. The molecule has 64 valence electrons. The Morgan fingerprint density at radius 1 is 1.58 bits per heavy atom. The number of nitrogens with zero attached hydrogens (tertiary/aromatic N) is 1. The van der Waals surface area contributed by atoms with E-state index in [4.69, 9.17) is 5.11 Å². The van der Waals surface area contributed by atoms with E-state index >= 15 is 0 Å². The third kappa shape index (κ3) is 1.73. The number of aromatic hydroxyl groups is 1. The van der Waals surface area contributed by atoms with E-state index in [1.54, 1.807) is 0 Å². The summed E-state index contributed by atoms with van der Waals surface area (Å²) in [6.07, 6.45) is 0. The molecule has 0 saturated heterocycles. The van der Waals surface area contributed by atoms with Crippen LogP contribution in [0.4, 0.5) is 5.69 Å². The summed E-state index contributed by atoms with van der Waals surface area (Å²) in [5.74, 6) is 0.0671. The fourth-order valence-electron chi connectivity index (χ4n) is 0.793. The lowest BCUT2D eigenvalue weighted by Gasteiger charge is -1.98. The maximum Gasteiger partial charge on any atom is 0.270 e. The van der Waals surface area contributed by atoms with Crippen molar-refractivity contribution in [2.45, 2.75) is 5.33 Å². The molecule has 4 nitrogen and oxygen atoms in total. The minimum atomic E-state index is -0.494. The predicted octanol–water partition coefficient (Wildman–Crippen LogP) is 2.20. The van der Waals surface area contributed by atoms with Gasteiger partial charge in [-0.25, -0.2) is 0 Å². The van der Waals surface area contributed by atoms with E-state index in [-0.39, 0.29) is 11.4 Å². The Morgan fingerprint density at radius 2 is 2.25 bits per heavy atom. The van der Waals surface area contributed by atoms with Gasteiger partial charge in [0.05, 0.1) is 4.92 Å². The highest BCUT2D eigenvalue weighted by atomic mass is 79.9. The van der Waals surface area contributed by atoms with Crippen molar-refractivity contribution in [1.29, 1.82) is 0 Å². The lowest BCUT2D eigenvalue weighted by molar-refractivity contribution is -0.384. The van der Waals surface area contributed by atoms with Crippen LogP contribution in [0, 0.1) is 10.1 Å². The van der Waals surface area contributed by atoms with Crippen LogP contribution in [0.25, 0.3) is 0 Å². The summed E-state index contributed by atoms with van der Waals surface area (Å²) in [5.41, 5.74) is 0.506. The molecule has 0 aliphatic heterocycles. The van der Waals surface area contributed by atoms with Gasteiger partial charge in [0.2, 0.25) is 0 Å². The summed E-state index contributed by atoms with van der Waals surface area (Å²) in [6.45, 7) is 0.